The molecule has 1 rings (SSSR count). The topological polar surface area (TPSA) is 105 Å². The zero-order chi connectivity index (χ0) is 10.0. The van der Waals surface area contributed by atoms with Crippen LogP contribution in [0.4, 0.5) is 0 Å². The number of rotatable bonds is 2. The Morgan fingerprint density at radius 1 is 1.54 bits per heavy atom. The van der Waals surface area contributed by atoms with Crippen molar-refractivity contribution in [2.24, 2.45) is 5.73 Å². The van der Waals surface area contributed by atoms with Gasteiger partial charge in [0.1, 0.15) is 18.4 Å². The molecule has 0 amide bonds. The van der Waals surface area contributed by atoms with Crippen LogP contribution in [0.3, 0.4) is 0 Å². The maximum absolute atomic E-state index is 9.35. The first-order valence-electron chi connectivity index (χ1n) is 4.04. The highest BCUT2D eigenvalue weighted by atomic mass is 16.7. The lowest BCUT2D eigenvalue weighted by molar-refractivity contribution is -0.261. The second-order valence-corrected chi connectivity index (χ2v) is 3.05. The summed E-state index contributed by atoms with van der Waals surface area (Å²) >= 11 is 0. The number of aliphatic hydroxyl groups is 3. The maximum Gasteiger partial charge on any atom is 0.160 e. The van der Waals surface area contributed by atoms with Gasteiger partial charge in [-0.3, -0.25) is 0 Å². The van der Waals surface area contributed by atoms with Crippen LogP contribution < -0.4 is 5.73 Å². The van der Waals surface area contributed by atoms with Crippen molar-refractivity contribution in [3.05, 3.63) is 0 Å². The molecule has 0 saturated carbocycles. The van der Waals surface area contributed by atoms with E-state index in [1.807, 2.05) is 0 Å². The Morgan fingerprint density at radius 2 is 2.15 bits per heavy atom. The molecule has 0 aromatic rings. The Bertz CT molecular complexity index is 165. The molecular weight excluding hydrogens is 178 g/mol. The van der Waals surface area contributed by atoms with E-state index >= 15 is 0 Å². The minimum absolute atomic E-state index is 0.168. The third kappa shape index (κ3) is 2.37. The second kappa shape index (κ2) is 4.32. The first-order valence-corrected chi connectivity index (χ1v) is 4.04. The van der Waals surface area contributed by atoms with Gasteiger partial charge in [0, 0.05) is 13.5 Å². The molecule has 0 radical (unpaired) electrons. The molecule has 1 saturated heterocycles. The van der Waals surface area contributed by atoms with Crippen molar-refractivity contribution in [1.29, 1.82) is 0 Å². The Labute approximate surface area is 75.9 Å². The Kier molecular flexibility index (Phi) is 3.60. The molecule has 1 aliphatic heterocycles. The van der Waals surface area contributed by atoms with Crippen molar-refractivity contribution in [3.63, 3.8) is 0 Å². The number of hydrogen-bond donors (Lipinski definition) is 4. The van der Waals surface area contributed by atoms with Crippen molar-refractivity contribution in [1.82, 2.24) is 0 Å². The van der Waals surface area contributed by atoms with E-state index < -0.39 is 30.8 Å². The molecule has 1 heterocycles. The summed E-state index contributed by atoms with van der Waals surface area (Å²) in [6.45, 7) is 0. The lowest BCUT2D eigenvalue weighted by atomic mass is 10.0. The number of hydrogen-bond acceptors (Lipinski definition) is 6. The third-order valence-corrected chi connectivity index (χ3v) is 2.07. The van der Waals surface area contributed by atoms with Crippen LogP contribution in [0, 0.1) is 0 Å². The monoisotopic (exact) mass is 193 g/mol. The van der Waals surface area contributed by atoms with Gasteiger partial charge >= 0.3 is 0 Å². The quantitative estimate of drug-likeness (QED) is 0.369. The summed E-state index contributed by atoms with van der Waals surface area (Å²) in [5.74, 6) is 0. The second-order valence-electron chi connectivity index (χ2n) is 3.05. The van der Waals surface area contributed by atoms with Gasteiger partial charge in [-0.2, -0.15) is 0 Å². The highest BCUT2D eigenvalue weighted by molar-refractivity contribution is 4.85. The summed E-state index contributed by atoms with van der Waals surface area (Å²) in [6.07, 6.45) is -4.97. The van der Waals surface area contributed by atoms with Crippen molar-refractivity contribution >= 4 is 0 Å². The normalized spacial score (nSPS) is 43.2. The van der Waals surface area contributed by atoms with Crippen LogP contribution in [0.1, 0.15) is 6.42 Å². The molecule has 0 bridgehead atoms. The van der Waals surface area contributed by atoms with Crippen molar-refractivity contribution in [2.45, 2.75) is 37.3 Å². The molecule has 6 heteroatoms. The van der Waals surface area contributed by atoms with Gasteiger partial charge in [-0.15, -0.1) is 0 Å². The first kappa shape index (κ1) is 10.8. The van der Waals surface area contributed by atoms with Crippen LogP contribution in [-0.4, -0.2) is 53.3 Å². The van der Waals surface area contributed by atoms with Crippen LogP contribution in [-0.2, 0) is 9.47 Å². The Balaban J connectivity index is 2.60. The highest BCUT2D eigenvalue weighted by Gasteiger charge is 2.39. The lowest BCUT2D eigenvalue weighted by Gasteiger charge is -2.37. The minimum atomic E-state index is -1.33. The summed E-state index contributed by atoms with van der Waals surface area (Å²) in [5, 5.41) is 27.7. The molecule has 5 N–H and O–H groups in total. The molecule has 78 valence electrons. The molecule has 1 unspecified atom stereocenters. The smallest absolute Gasteiger partial charge is 0.160 e. The van der Waals surface area contributed by atoms with Crippen molar-refractivity contribution in [3.8, 4) is 0 Å². The highest BCUT2D eigenvalue weighted by Crippen LogP contribution is 2.21. The molecule has 0 aliphatic carbocycles. The van der Waals surface area contributed by atoms with Gasteiger partial charge in [0.15, 0.2) is 6.29 Å². The van der Waals surface area contributed by atoms with Crippen molar-refractivity contribution in [2.75, 3.05) is 7.11 Å². The fourth-order valence-electron chi connectivity index (χ4n) is 1.30. The summed E-state index contributed by atoms with van der Waals surface area (Å²) in [4.78, 5) is 0. The average molecular weight is 193 g/mol. The average Bonchev–Trinajstić information content (AvgIpc) is 2.09. The minimum Gasteiger partial charge on any atom is -0.390 e. The summed E-state index contributed by atoms with van der Waals surface area (Å²) in [7, 11) is 1.41. The summed E-state index contributed by atoms with van der Waals surface area (Å²) in [5.41, 5.74) is 5.14. The molecule has 6 nitrogen and oxygen atoms in total. The van der Waals surface area contributed by atoms with Gasteiger partial charge in [0.25, 0.3) is 0 Å². The van der Waals surface area contributed by atoms with Crippen LogP contribution in [0.15, 0.2) is 0 Å². The molecule has 5 atom stereocenters. The fourth-order valence-corrected chi connectivity index (χ4v) is 1.30. The van der Waals surface area contributed by atoms with Gasteiger partial charge in [-0.25, -0.2) is 0 Å². The number of nitrogens with two attached hydrogens (primary N) is 1. The summed E-state index contributed by atoms with van der Waals surface area (Å²) in [6, 6.07) is 0. The summed E-state index contributed by atoms with van der Waals surface area (Å²) < 4.78 is 9.90. The van der Waals surface area contributed by atoms with Gasteiger partial charge in [-0.1, -0.05) is 0 Å². The van der Waals surface area contributed by atoms with Gasteiger partial charge in [0.2, 0.25) is 0 Å². The molecule has 1 aliphatic rings. The predicted molar refractivity (Wildman–Crippen MR) is 42.5 cm³/mol. The van der Waals surface area contributed by atoms with Gasteiger partial charge < -0.3 is 30.5 Å². The van der Waals surface area contributed by atoms with E-state index in [4.69, 9.17) is 20.3 Å². The first-order chi connectivity index (χ1) is 6.06. The maximum atomic E-state index is 9.35. The van der Waals surface area contributed by atoms with E-state index in [0.29, 0.717) is 0 Å². The fraction of sp³-hybridized carbons (Fsp3) is 1.00. The van der Waals surface area contributed by atoms with E-state index in [9.17, 15) is 10.2 Å². The molecule has 0 aromatic carbocycles. The van der Waals surface area contributed by atoms with Gasteiger partial charge in [-0.05, 0) is 0 Å². The van der Waals surface area contributed by atoms with Gasteiger partial charge in [0.05, 0.1) is 6.10 Å². The molecule has 1 fully saturated rings. The Hall–Kier alpha value is -0.240. The van der Waals surface area contributed by atoms with Crippen LogP contribution >= 0.6 is 0 Å². The number of ether oxygens (including phenoxy) is 2. The molecular formula is C7H15NO5. The number of aliphatic hydroxyl groups excluding tert-OH is 3. The van der Waals surface area contributed by atoms with Crippen LogP contribution in [0.25, 0.3) is 0 Å². The van der Waals surface area contributed by atoms with E-state index in [1.54, 1.807) is 0 Å². The zero-order valence-corrected chi connectivity index (χ0v) is 7.33. The third-order valence-electron chi connectivity index (χ3n) is 2.07. The van der Waals surface area contributed by atoms with Crippen molar-refractivity contribution < 1.29 is 24.8 Å². The molecule has 0 spiro atoms. The standard InChI is InChI=1S/C7H15NO5/c1-12-4-2-3(9)5(10)6(13-4)7(8)11/h3-7,9-11H,2,8H2,1H3/t3-,4-,5+,6+,7?/m1/s1. The molecule has 0 aromatic heterocycles. The van der Waals surface area contributed by atoms with E-state index in [0.717, 1.165) is 0 Å². The molecule has 13 heavy (non-hydrogen) atoms. The lowest BCUT2D eigenvalue weighted by Crippen LogP contribution is -2.56. The zero-order valence-electron chi connectivity index (χ0n) is 7.33. The van der Waals surface area contributed by atoms with E-state index in [1.165, 1.54) is 7.11 Å². The predicted octanol–water partition coefficient (Wildman–Crippen LogP) is -2.25. The van der Waals surface area contributed by atoms with Crippen LogP contribution in [0.2, 0.25) is 0 Å². The van der Waals surface area contributed by atoms with E-state index in [-0.39, 0.29) is 6.42 Å². The number of methoxy groups -OCH3 is 1. The van der Waals surface area contributed by atoms with E-state index in [2.05, 4.69) is 0 Å². The van der Waals surface area contributed by atoms with Crippen LogP contribution in [0.5, 0.6) is 0 Å². The largest absolute Gasteiger partial charge is 0.390 e. The SMILES string of the molecule is CO[C@H]1C[C@@H](O)[C@H](O)[C@@H](C(N)O)O1. The Morgan fingerprint density at radius 3 is 2.62 bits per heavy atom.